The van der Waals surface area contributed by atoms with Crippen molar-refractivity contribution in [2.45, 2.75) is 12.5 Å². The number of hydrogen-bond acceptors (Lipinski definition) is 5. The minimum atomic E-state index is -0.0716. The zero-order chi connectivity index (χ0) is 22.1. The number of amides is 1. The van der Waals surface area contributed by atoms with E-state index >= 15 is 0 Å². The second kappa shape index (κ2) is 8.34. The van der Waals surface area contributed by atoms with Crippen LogP contribution in [0.3, 0.4) is 0 Å². The van der Waals surface area contributed by atoms with Gasteiger partial charge in [-0.15, -0.1) is 0 Å². The van der Waals surface area contributed by atoms with Gasteiger partial charge in [-0.05, 0) is 30.3 Å². The van der Waals surface area contributed by atoms with Crippen molar-refractivity contribution >= 4 is 16.8 Å². The van der Waals surface area contributed by atoms with Crippen LogP contribution in [0.2, 0.25) is 0 Å². The van der Waals surface area contributed by atoms with Crippen LogP contribution in [0.1, 0.15) is 16.9 Å². The first kappa shape index (κ1) is 20.1. The lowest BCUT2D eigenvalue weighted by molar-refractivity contribution is 0.0762. The summed E-state index contributed by atoms with van der Waals surface area (Å²) in [7, 11) is 3.43. The normalized spacial score (nSPS) is 15.8. The van der Waals surface area contributed by atoms with Crippen molar-refractivity contribution in [3.63, 3.8) is 0 Å². The molecule has 5 rings (SSSR count). The number of pyridine rings is 1. The van der Waals surface area contributed by atoms with Crippen molar-refractivity contribution in [1.29, 1.82) is 0 Å². The number of para-hydroxylation sites is 1. The molecule has 1 amide bonds. The summed E-state index contributed by atoms with van der Waals surface area (Å²) in [5.41, 5.74) is 3.04. The fourth-order valence-corrected chi connectivity index (χ4v) is 4.11. The highest BCUT2D eigenvalue weighted by molar-refractivity contribution is 5.94. The Morgan fingerprint density at radius 1 is 1.09 bits per heavy atom. The Kier molecular flexibility index (Phi) is 5.23. The molecule has 1 unspecified atom stereocenters. The lowest BCUT2D eigenvalue weighted by Gasteiger charge is -2.17. The maximum Gasteiger partial charge on any atom is 0.272 e. The lowest BCUT2D eigenvalue weighted by Crippen LogP contribution is -2.32. The maximum atomic E-state index is 13.2. The van der Waals surface area contributed by atoms with E-state index in [1.54, 1.807) is 25.0 Å². The second-order valence-electron chi connectivity index (χ2n) is 7.88. The summed E-state index contributed by atoms with van der Waals surface area (Å²) in [5, 5.41) is 5.58. The third kappa shape index (κ3) is 3.77. The summed E-state index contributed by atoms with van der Waals surface area (Å²) in [5.74, 6) is 1.46. The molecule has 0 spiro atoms. The average molecular weight is 428 g/mol. The van der Waals surface area contributed by atoms with E-state index in [1.165, 1.54) is 0 Å². The number of ether oxygens (including phenoxy) is 2. The Morgan fingerprint density at radius 2 is 1.94 bits per heavy atom. The molecule has 1 aliphatic rings. The number of likely N-dealkylation sites (tertiary alicyclic amines) is 1. The van der Waals surface area contributed by atoms with Crippen molar-refractivity contribution in [3.05, 3.63) is 72.6 Å². The number of nitrogens with zero attached hydrogens (tertiary/aromatic N) is 4. The number of hydrogen-bond donors (Lipinski definition) is 0. The summed E-state index contributed by atoms with van der Waals surface area (Å²) in [6.07, 6.45) is 2.47. The summed E-state index contributed by atoms with van der Waals surface area (Å²) < 4.78 is 13.2. The van der Waals surface area contributed by atoms with Gasteiger partial charge in [0.1, 0.15) is 28.8 Å². The minimum Gasteiger partial charge on any atom is -0.497 e. The van der Waals surface area contributed by atoms with Gasteiger partial charge in [0.05, 0.1) is 19.3 Å². The summed E-state index contributed by atoms with van der Waals surface area (Å²) in [4.78, 5) is 19.5. The molecule has 1 fully saturated rings. The quantitative estimate of drug-likeness (QED) is 0.482. The Bertz CT molecular complexity index is 1280. The van der Waals surface area contributed by atoms with Gasteiger partial charge in [0.25, 0.3) is 5.91 Å². The van der Waals surface area contributed by atoms with Crippen LogP contribution < -0.4 is 9.47 Å². The highest BCUT2D eigenvalue weighted by Crippen LogP contribution is 2.28. The second-order valence-corrected chi connectivity index (χ2v) is 7.88. The van der Waals surface area contributed by atoms with Gasteiger partial charge in [0, 0.05) is 37.2 Å². The highest BCUT2D eigenvalue weighted by atomic mass is 16.5. The van der Waals surface area contributed by atoms with Crippen LogP contribution in [0.15, 0.2) is 66.9 Å². The minimum absolute atomic E-state index is 0.0451. The molecule has 0 radical (unpaired) electrons. The van der Waals surface area contributed by atoms with E-state index < -0.39 is 0 Å². The topological polar surface area (TPSA) is 69.5 Å². The zero-order valence-electron chi connectivity index (χ0n) is 18.1. The Labute approximate surface area is 186 Å². The Morgan fingerprint density at radius 3 is 2.81 bits per heavy atom. The van der Waals surface area contributed by atoms with Gasteiger partial charge in [-0.2, -0.15) is 5.10 Å². The van der Waals surface area contributed by atoms with Crippen LogP contribution >= 0.6 is 0 Å². The molecule has 3 heterocycles. The van der Waals surface area contributed by atoms with Gasteiger partial charge in [-0.25, -0.2) is 0 Å². The molecule has 7 nitrogen and oxygen atoms in total. The monoisotopic (exact) mass is 428 g/mol. The number of carbonyl (C=O) groups excluding carboxylic acids is 1. The fourth-order valence-electron chi connectivity index (χ4n) is 4.11. The predicted molar refractivity (Wildman–Crippen MR) is 122 cm³/mol. The van der Waals surface area contributed by atoms with Gasteiger partial charge < -0.3 is 14.4 Å². The van der Waals surface area contributed by atoms with Gasteiger partial charge in [0.2, 0.25) is 0 Å². The van der Waals surface area contributed by atoms with Gasteiger partial charge in [0.15, 0.2) is 0 Å². The molecule has 1 atom stereocenters. The number of benzene rings is 2. The van der Waals surface area contributed by atoms with Crippen molar-refractivity contribution in [3.8, 4) is 22.8 Å². The Balaban J connectivity index is 1.31. The average Bonchev–Trinajstić information content (AvgIpc) is 3.46. The van der Waals surface area contributed by atoms with Crippen molar-refractivity contribution in [1.82, 2.24) is 19.7 Å². The molecule has 0 bridgehead atoms. The van der Waals surface area contributed by atoms with E-state index in [4.69, 9.17) is 9.47 Å². The number of aromatic nitrogens is 3. The molecule has 0 saturated carbocycles. The molecule has 0 aliphatic carbocycles. The molecule has 7 heteroatoms. The van der Waals surface area contributed by atoms with Crippen LogP contribution in [0, 0.1) is 0 Å². The summed E-state index contributed by atoms with van der Waals surface area (Å²) in [6.45, 7) is 1.17. The zero-order valence-corrected chi connectivity index (χ0v) is 18.1. The van der Waals surface area contributed by atoms with Crippen LogP contribution in [0.4, 0.5) is 0 Å². The van der Waals surface area contributed by atoms with Crippen LogP contribution in [0.5, 0.6) is 11.5 Å². The van der Waals surface area contributed by atoms with Gasteiger partial charge in [-0.3, -0.25) is 14.5 Å². The molecular formula is C25H24N4O3. The lowest BCUT2D eigenvalue weighted by atomic mass is 10.1. The van der Waals surface area contributed by atoms with Crippen LogP contribution in [0.25, 0.3) is 22.2 Å². The van der Waals surface area contributed by atoms with Gasteiger partial charge >= 0.3 is 0 Å². The molecule has 4 aromatic rings. The number of aryl methyl sites for hydroxylation is 1. The predicted octanol–water partition coefficient (Wildman–Crippen LogP) is 3.94. The first-order chi connectivity index (χ1) is 15.6. The van der Waals surface area contributed by atoms with Crippen LogP contribution in [-0.2, 0) is 7.05 Å². The first-order valence-electron chi connectivity index (χ1n) is 10.6. The van der Waals surface area contributed by atoms with Crippen molar-refractivity contribution in [2.24, 2.45) is 7.05 Å². The fraction of sp³-hybridized carbons (Fsp3) is 0.240. The standard InChI is InChI=1S/C25H24N4O3/c1-28-22(15-21(27-28)18-7-3-9-19(14-18)31-2)25(30)29-13-11-20(16-29)32-23-10-4-6-17-8-5-12-26-24(17)23/h3-10,12,14-15,20H,11,13,16H2,1-2H3. The number of carbonyl (C=O) groups is 1. The third-order valence-electron chi connectivity index (χ3n) is 5.79. The van der Waals surface area contributed by atoms with E-state index in [2.05, 4.69) is 10.1 Å². The third-order valence-corrected chi connectivity index (χ3v) is 5.79. The number of fused-ring (bicyclic) bond motifs is 1. The molecule has 2 aromatic carbocycles. The molecule has 2 aromatic heterocycles. The van der Waals surface area contributed by atoms with E-state index in [1.807, 2.05) is 65.6 Å². The SMILES string of the molecule is COc1cccc(-c2cc(C(=O)N3CCC(Oc4cccc5cccnc45)C3)n(C)n2)c1. The number of methoxy groups -OCH3 is 1. The molecule has 162 valence electrons. The summed E-state index contributed by atoms with van der Waals surface area (Å²) >= 11 is 0. The first-order valence-corrected chi connectivity index (χ1v) is 10.6. The Hall–Kier alpha value is -3.87. The van der Waals surface area contributed by atoms with E-state index in [9.17, 15) is 4.79 Å². The van der Waals surface area contributed by atoms with E-state index in [0.29, 0.717) is 18.8 Å². The van der Waals surface area contributed by atoms with Crippen molar-refractivity contribution in [2.75, 3.05) is 20.2 Å². The largest absolute Gasteiger partial charge is 0.497 e. The maximum absolute atomic E-state index is 13.2. The summed E-state index contributed by atoms with van der Waals surface area (Å²) in [6, 6.07) is 19.3. The van der Waals surface area contributed by atoms with Crippen LogP contribution in [-0.4, -0.2) is 51.9 Å². The van der Waals surface area contributed by atoms with E-state index in [0.717, 1.165) is 40.1 Å². The molecule has 1 aliphatic heterocycles. The van der Waals surface area contributed by atoms with E-state index in [-0.39, 0.29) is 12.0 Å². The highest BCUT2D eigenvalue weighted by Gasteiger charge is 2.30. The molecule has 1 saturated heterocycles. The molecule has 32 heavy (non-hydrogen) atoms. The van der Waals surface area contributed by atoms with Crippen molar-refractivity contribution < 1.29 is 14.3 Å². The molecular weight excluding hydrogens is 404 g/mol. The smallest absolute Gasteiger partial charge is 0.272 e. The van der Waals surface area contributed by atoms with Gasteiger partial charge in [-0.1, -0.05) is 30.3 Å². The molecule has 0 N–H and O–H groups in total. The number of rotatable bonds is 5.